The van der Waals surface area contributed by atoms with Gasteiger partial charge in [0.2, 0.25) is 0 Å². The minimum Gasteiger partial charge on any atom is -0.383 e. The van der Waals surface area contributed by atoms with E-state index in [2.05, 4.69) is 58.1 Å². The van der Waals surface area contributed by atoms with E-state index < -0.39 is 0 Å². The topological polar surface area (TPSA) is 61.4 Å². The molecule has 4 rings (SSSR count). The lowest BCUT2D eigenvalue weighted by atomic mass is 10.0. The number of thioether (sulfide) groups is 1. The van der Waals surface area contributed by atoms with Crippen molar-refractivity contribution in [2.75, 3.05) is 19.5 Å². The summed E-state index contributed by atoms with van der Waals surface area (Å²) in [5, 5.41) is 10.7. The van der Waals surface area contributed by atoms with Gasteiger partial charge in [0.05, 0.1) is 17.9 Å². The number of ether oxygens (including phenoxy) is 1. The Balaban J connectivity index is 1.66. The number of hydrogen-bond donors (Lipinski definition) is 0. The van der Waals surface area contributed by atoms with Gasteiger partial charge in [0.1, 0.15) is 0 Å². The number of benzene rings is 1. The van der Waals surface area contributed by atoms with Crippen molar-refractivity contribution in [3.8, 4) is 0 Å². The summed E-state index contributed by atoms with van der Waals surface area (Å²) in [5.41, 5.74) is 8.33. The Bertz CT molecular complexity index is 1300. The minimum absolute atomic E-state index is 0.0995. The molecule has 0 aliphatic carbocycles. The van der Waals surface area contributed by atoms with Crippen LogP contribution >= 0.6 is 11.8 Å². The zero-order valence-corrected chi connectivity index (χ0v) is 19.8. The molecule has 0 N–H and O–H groups in total. The van der Waals surface area contributed by atoms with Crippen LogP contribution in [0.5, 0.6) is 0 Å². The third-order valence-corrected chi connectivity index (χ3v) is 6.75. The van der Waals surface area contributed by atoms with Crippen molar-refractivity contribution in [1.29, 1.82) is 0 Å². The molecule has 3 heterocycles. The SMILES string of the molecule is COCCn1c(C)cc(C(=O)CSc2nnc3cc(C)c4cc(C)cc(C)c4n23)c1C. The lowest BCUT2D eigenvalue weighted by Gasteiger charge is -2.11. The summed E-state index contributed by atoms with van der Waals surface area (Å²) in [6, 6.07) is 8.41. The van der Waals surface area contributed by atoms with E-state index in [0.717, 1.165) is 39.8 Å². The first-order chi connectivity index (χ1) is 14.8. The number of aromatic nitrogens is 4. The standard InChI is InChI=1S/C24H28N4O2S/c1-14-9-16(3)23-19(10-14)15(2)11-22-25-26-24(28(22)23)31-13-21(29)20-12-17(4)27(18(20)5)7-8-30-6/h9-12H,7-8,13H2,1-6H3. The molecule has 31 heavy (non-hydrogen) atoms. The highest BCUT2D eigenvalue weighted by Gasteiger charge is 2.19. The first kappa shape index (κ1) is 21.6. The molecule has 4 aromatic rings. The Hall–Kier alpha value is -2.64. The highest BCUT2D eigenvalue weighted by molar-refractivity contribution is 7.99. The Kier molecular flexibility index (Phi) is 5.90. The molecule has 0 spiro atoms. The first-order valence-corrected chi connectivity index (χ1v) is 11.4. The molecule has 0 fully saturated rings. The van der Waals surface area contributed by atoms with Gasteiger partial charge >= 0.3 is 0 Å². The van der Waals surface area contributed by atoms with Crippen molar-refractivity contribution in [2.45, 2.75) is 46.3 Å². The van der Waals surface area contributed by atoms with E-state index in [1.807, 2.05) is 19.9 Å². The van der Waals surface area contributed by atoms with Crippen molar-refractivity contribution in [3.63, 3.8) is 0 Å². The average molecular weight is 437 g/mol. The molecule has 0 radical (unpaired) electrons. The molecule has 1 aromatic carbocycles. The predicted octanol–water partition coefficient (Wildman–Crippen LogP) is 4.85. The number of nitrogens with zero attached hydrogens (tertiary/aromatic N) is 4. The van der Waals surface area contributed by atoms with E-state index in [9.17, 15) is 4.79 Å². The zero-order valence-electron chi connectivity index (χ0n) is 18.9. The van der Waals surface area contributed by atoms with Crippen LogP contribution in [0.25, 0.3) is 16.6 Å². The summed E-state index contributed by atoms with van der Waals surface area (Å²) < 4.78 is 9.41. The number of carbonyl (C=O) groups excluding carboxylic acids is 1. The lowest BCUT2D eigenvalue weighted by Crippen LogP contribution is -2.10. The number of ketones is 1. The second kappa shape index (κ2) is 8.48. The van der Waals surface area contributed by atoms with Gasteiger partial charge in [-0.25, -0.2) is 0 Å². The second-order valence-electron chi connectivity index (χ2n) is 8.12. The van der Waals surface area contributed by atoms with Gasteiger partial charge in [-0.15, -0.1) is 10.2 Å². The highest BCUT2D eigenvalue weighted by Crippen LogP contribution is 2.29. The third kappa shape index (κ3) is 3.88. The van der Waals surface area contributed by atoms with Gasteiger partial charge in [-0.1, -0.05) is 23.4 Å². The Morgan fingerprint density at radius 2 is 1.81 bits per heavy atom. The van der Waals surface area contributed by atoms with Gasteiger partial charge in [-0.3, -0.25) is 9.20 Å². The van der Waals surface area contributed by atoms with Crippen LogP contribution in [0.4, 0.5) is 0 Å². The number of fused-ring (bicyclic) bond motifs is 3. The average Bonchev–Trinajstić information content (AvgIpc) is 3.24. The number of hydrogen-bond acceptors (Lipinski definition) is 5. The number of Topliss-reactive ketones (excluding diaryl/α,β-unsaturated/α-hetero) is 1. The summed E-state index contributed by atoms with van der Waals surface area (Å²) in [6.45, 7) is 11.7. The normalized spacial score (nSPS) is 11.7. The van der Waals surface area contributed by atoms with Gasteiger partial charge in [0.25, 0.3) is 0 Å². The molecule has 162 valence electrons. The van der Waals surface area contributed by atoms with Gasteiger partial charge in [0.15, 0.2) is 16.6 Å². The fourth-order valence-corrected chi connectivity index (χ4v) is 5.15. The van der Waals surface area contributed by atoms with Gasteiger partial charge in [-0.05, 0) is 63.9 Å². The number of aryl methyl sites for hydroxylation is 4. The van der Waals surface area contributed by atoms with Crippen LogP contribution in [-0.2, 0) is 11.3 Å². The van der Waals surface area contributed by atoms with E-state index >= 15 is 0 Å². The summed E-state index contributed by atoms with van der Waals surface area (Å²) in [4.78, 5) is 13.0. The molecule has 0 bridgehead atoms. The number of pyridine rings is 1. The smallest absolute Gasteiger partial charge is 0.196 e. The fraction of sp³-hybridized carbons (Fsp3) is 0.375. The number of rotatable bonds is 7. The first-order valence-electron chi connectivity index (χ1n) is 10.4. The van der Waals surface area contributed by atoms with Crippen LogP contribution in [0, 0.1) is 34.6 Å². The summed E-state index contributed by atoms with van der Waals surface area (Å²) in [7, 11) is 1.69. The minimum atomic E-state index is 0.0995. The van der Waals surface area contributed by atoms with Gasteiger partial charge < -0.3 is 9.30 Å². The Morgan fingerprint density at radius 1 is 1.03 bits per heavy atom. The molecule has 0 atom stereocenters. The molecule has 0 aliphatic rings. The molecule has 3 aromatic heterocycles. The summed E-state index contributed by atoms with van der Waals surface area (Å²) in [6.07, 6.45) is 0. The van der Waals surface area contributed by atoms with E-state index in [-0.39, 0.29) is 5.78 Å². The zero-order chi connectivity index (χ0) is 22.3. The van der Waals surface area contributed by atoms with Crippen LogP contribution in [-0.4, -0.2) is 44.4 Å². The molecule has 0 unspecified atom stereocenters. The molecule has 0 amide bonds. The van der Waals surface area contributed by atoms with Crippen LogP contribution < -0.4 is 0 Å². The van der Waals surface area contributed by atoms with Gasteiger partial charge in [0, 0.05) is 36.0 Å². The maximum atomic E-state index is 13.0. The highest BCUT2D eigenvalue weighted by atomic mass is 32.2. The van der Waals surface area contributed by atoms with Crippen LogP contribution in [0.1, 0.15) is 38.4 Å². The third-order valence-electron chi connectivity index (χ3n) is 5.82. The molecule has 7 heteroatoms. The quantitative estimate of drug-likeness (QED) is 0.306. The second-order valence-corrected chi connectivity index (χ2v) is 9.07. The van der Waals surface area contributed by atoms with Crippen molar-refractivity contribution in [1.82, 2.24) is 19.2 Å². The van der Waals surface area contributed by atoms with E-state index in [1.165, 1.54) is 33.8 Å². The van der Waals surface area contributed by atoms with Crippen molar-refractivity contribution >= 4 is 34.1 Å². The predicted molar refractivity (Wildman–Crippen MR) is 126 cm³/mol. The van der Waals surface area contributed by atoms with Crippen LogP contribution in [0.15, 0.2) is 29.4 Å². The number of carbonyl (C=O) groups is 1. The summed E-state index contributed by atoms with van der Waals surface area (Å²) in [5.74, 6) is 0.415. The lowest BCUT2D eigenvalue weighted by molar-refractivity contribution is 0.102. The van der Waals surface area contributed by atoms with E-state index in [0.29, 0.717) is 12.4 Å². The Labute approximate surface area is 186 Å². The largest absolute Gasteiger partial charge is 0.383 e. The van der Waals surface area contributed by atoms with Crippen molar-refractivity contribution in [2.24, 2.45) is 0 Å². The van der Waals surface area contributed by atoms with Crippen LogP contribution in [0.3, 0.4) is 0 Å². The molecule has 0 aliphatic heterocycles. The maximum Gasteiger partial charge on any atom is 0.196 e. The van der Waals surface area contributed by atoms with Crippen LogP contribution in [0.2, 0.25) is 0 Å². The van der Waals surface area contributed by atoms with E-state index in [4.69, 9.17) is 4.74 Å². The summed E-state index contributed by atoms with van der Waals surface area (Å²) >= 11 is 1.44. The number of methoxy groups -OCH3 is 1. The maximum absolute atomic E-state index is 13.0. The van der Waals surface area contributed by atoms with E-state index in [1.54, 1.807) is 7.11 Å². The fourth-order valence-electron chi connectivity index (χ4n) is 4.33. The molecular weight excluding hydrogens is 408 g/mol. The van der Waals surface area contributed by atoms with Gasteiger partial charge in [-0.2, -0.15) is 0 Å². The molecule has 0 saturated carbocycles. The van der Waals surface area contributed by atoms with Crippen molar-refractivity contribution < 1.29 is 9.53 Å². The molecular formula is C24H28N4O2S. The molecule has 0 saturated heterocycles. The Morgan fingerprint density at radius 3 is 2.55 bits per heavy atom. The monoisotopic (exact) mass is 436 g/mol. The van der Waals surface area contributed by atoms with Crippen molar-refractivity contribution in [3.05, 3.63) is 57.9 Å². The molecule has 6 nitrogen and oxygen atoms in total.